The predicted molar refractivity (Wildman–Crippen MR) is 108 cm³/mol. The van der Waals surface area contributed by atoms with Crippen molar-refractivity contribution in [3.8, 4) is 0 Å². The van der Waals surface area contributed by atoms with E-state index in [-0.39, 0.29) is 11.8 Å². The van der Waals surface area contributed by atoms with E-state index < -0.39 is 5.91 Å². The number of likely N-dealkylation sites (N-methyl/N-ethyl adjacent to an activating group) is 1. The van der Waals surface area contributed by atoms with Gasteiger partial charge in [-0.25, -0.2) is 0 Å². The Morgan fingerprint density at radius 1 is 1.15 bits per heavy atom. The lowest BCUT2D eigenvalue weighted by Crippen LogP contribution is -2.43. The van der Waals surface area contributed by atoms with Crippen LogP contribution in [0.4, 0.5) is 0 Å². The lowest BCUT2D eigenvalue weighted by atomic mass is 10.1. The number of primary amides is 1. The zero-order chi connectivity index (χ0) is 19.6. The summed E-state index contributed by atoms with van der Waals surface area (Å²) < 4.78 is 5.38. The van der Waals surface area contributed by atoms with Crippen LogP contribution in [0, 0.1) is 0 Å². The quantitative estimate of drug-likeness (QED) is 0.463. The summed E-state index contributed by atoms with van der Waals surface area (Å²) in [5.74, 6) is 0.865. The van der Waals surface area contributed by atoms with E-state index in [0.717, 1.165) is 19.6 Å². The smallest absolute Gasteiger partial charge is 0.284 e. The van der Waals surface area contributed by atoms with Gasteiger partial charge in [0.2, 0.25) is 0 Å². The highest BCUT2D eigenvalue weighted by atomic mass is 16.3. The van der Waals surface area contributed by atoms with Crippen molar-refractivity contribution in [3.05, 3.63) is 59.5 Å². The Labute approximate surface area is 160 Å². The van der Waals surface area contributed by atoms with Crippen LogP contribution in [0.2, 0.25) is 0 Å². The number of carbonyl (C=O) groups is 1. The normalized spacial score (nSPS) is 12.8. The van der Waals surface area contributed by atoms with Crippen LogP contribution in [0.3, 0.4) is 0 Å². The van der Waals surface area contributed by atoms with Gasteiger partial charge >= 0.3 is 0 Å². The number of aliphatic imine (C=N–C) groups is 1. The molecule has 1 amide bonds. The Kier molecular flexibility index (Phi) is 7.88. The van der Waals surface area contributed by atoms with E-state index in [1.807, 2.05) is 6.07 Å². The molecule has 1 heterocycles. The maximum absolute atomic E-state index is 11.1. The average molecular weight is 371 g/mol. The molecule has 4 N–H and O–H groups in total. The first-order valence-corrected chi connectivity index (χ1v) is 9.21. The minimum Gasteiger partial charge on any atom is -0.454 e. The van der Waals surface area contributed by atoms with Crippen molar-refractivity contribution >= 4 is 11.9 Å². The Morgan fingerprint density at radius 3 is 2.41 bits per heavy atom. The summed E-state index contributed by atoms with van der Waals surface area (Å²) in [6.07, 6.45) is 0. The Morgan fingerprint density at radius 2 is 1.85 bits per heavy atom. The number of hydrogen-bond donors (Lipinski definition) is 3. The summed E-state index contributed by atoms with van der Waals surface area (Å²) in [5.41, 5.74) is 6.47. The number of guanidine groups is 1. The Bertz CT molecular complexity index is 738. The van der Waals surface area contributed by atoms with Gasteiger partial charge in [-0.3, -0.25) is 14.7 Å². The number of carbonyl (C=O) groups excluding carboxylic acids is 1. The molecule has 0 aliphatic rings. The van der Waals surface area contributed by atoms with Gasteiger partial charge in [-0.05, 0) is 30.8 Å². The molecule has 0 saturated heterocycles. The molecule has 1 unspecified atom stereocenters. The summed E-state index contributed by atoms with van der Waals surface area (Å²) in [7, 11) is 1.72. The number of rotatable bonds is 9. The topological polar surface area (TPSA) is 95.9 Å². The lowest BCUT2D eigenvalue weighted by Gasteiger charge is -2.30. The highest BCUT2D eigenvalue weighted by molar-refractivity contribution is 5.89. The van der Waals surface area contributed by atoms with Gasteiger partial charge in [-0.1, -0.05) is 44.2 Å². The van der Waals surface area contributed by atoms with Crippen molar-refractivity contribution < 1.29 is 9.21 Å². The van der Waals surface area contributed by atoms with E-state index in [4.69, 9.17) is 10.2 Å². The molecule has 7 heteroatoms. The molecule has 0 aliphatic heterocycles. The van der Waals surface area contributed by atoms with Crippen molar-refractivity contribution in [1.29, 1.82) is 0 Å². The van der Waals surface area contributed by atoms with Crippen LogP contribution in [0.5, 0.6) is 0 Å². The molecule has 1 aromatic heterocycles. The van der Waals surface area contributed by atoms with Gasteiger partial charge in [0.25, 0.3) is 5.91 Å². The Hall–Kier alpha value is -2.80. The number of nitrogens with zero attached hydrogens (tertiary/aromatic N) is 2. The molecule has 2 rings (SSSR count). The van der Waals surface area contributed by atoms with E-state index in [0.29, 0.717) is 18.3 Å². The van der Waals surface area contributed by atoms with Crippen LogP contribution in [0.15, 0.2) is 51.9 Å². The molecule has 0 radical (unpaired) electrons. The molecule has 0 aliphatic carbocycles. The fourth-order valence-electron chi connectivity index (χ4n) is 2.99. The molecular weight excluding hydrogens is 342 g/mol. The molecule has 1 atom stereocenters. The van der Waals surface area contributed by atoms with Gasteiger partial charge < -0.3 is 20.8 Å². The van der Waals surface area contributed by atoms with Crippen LogP contribution >= 0.6 is 0 Å². The van der Waals surface area contributed by atoms with Crippen LogP contribution in [0.1, 0.15) is 41.8 Å². The number of nitrogens with two attached hydrogens (primary N) is 1. The first kappa shape index (κ1) is 20.5. The van der Waals surface area contributed by atoms with Crippen LogP contribution < -0.4 is 16.4 Å². The zero-order valence-corrected chi connectivity index (χ0v) is 16.2. The third kappa shape index (κ3) is 5.86. The second kappa shape index (κ2) is 10.4. The summed E-state index contributed by atoms with van der Waals surface area (Å²) >= 11 is 0. The SMILES string of the molecule is CCN(CC)C(CNC(=NC)NCc1ccc(C(N)=O)o1)c1ccccc1. The maximum Gasteiger partial charge on any atom is 0.284 e. The molecule has 0 saturated carbocycles. The lowest BCUT2D eigenvalue weighted by molar-refractivity contribution is 0.0972. The first-order chi connectivity index (χ1) is 13.1. The molecule has 27 heavy (non-hydrogen) atoms. The second-order valence-electron chi connectivity index (χ2n) is 6.08. The number of nitrogens with one attached hydrogen (secondary N) is 2. The van der Waals surface area contributed by atoms with Gasteiger partial charge in [0.05, 0.1) is 12.6 Å². The standard InChI is InChI=1S/C20H29N5O2/c1-4-25(5-2)17(15-9-7-6-8-10-15)14-24-20(22-3)23-13-16-11-12-18(27-16)19(21)26/h6-12,17H,4-5,13-14H2,1-3H3,(H2,21,26)(H2,22,23,24). The highest BCUT2D eigenvalue weighted by Crippen LogP contribution is 2.19. The molecule has 146 valence electrons. The minimum absolute atomic E-state index is 0.153. The van der Waals surface area contributed by atoms with Crippen molar-refractivity contribution in [3.63, 3.8) is 0 Å². The number of amides is 1. The fourth-order valence-corrected chi connectivity index (χ4v) is 2.99. The van der Waals surface area contributed by atoms with Crippen molar-refractivity contribution in [2.24, 2.45) is 10.7 Å². The summed E-state index contributed by atoms with van der Waals surface area (Å²) in [4.78, 5) is 17.8. The largest absolute Gasteiger partial charge is 0.454 e. The second-order valence-corrected chi connectivity index (χ2v) is 6.08. The summed E-state index contributed by atoms with van der Waals surface area (Å²) in [6.45, 7) is 7.39. The van der Waals surface area contributed by atoms with Crippen molar-refractivity contribution in [1.82, 2.24) is 15.5 Å². The molecular formula is C20H29N5O2. The number of benzene rings is 1. The third-order valence-electron chi connectivity index (χ3n) is 4.46. The van der Waals surface area contributed by atoms with Crippen LogP contribution in [-0.4, -0.2) is 43.4 Å². The third-order valence-corrected chi connectivity index (χ3v) is 4.46. The van der Waals surface area contributed by atoms with Crippen LogP contribution in [-0.2, 0) is 6.54 Å². The molecule has 0 spiro atoms. The van der Waals surface area contributed by atoms with Gasteiger partial charge in [0, 0.05) is 13.6 Å². The summed E-state index contributed by atoms with van der Waals surface area (Å²) in [5, 5.41) is 6.58. The van der Waals surface area contributed by atoms with Gasteiger partial charge in [0.1, 0.15) is 5.76 Å². The van der Waals surface area contributed by atoms with E-state index in [9.17, 15) is 4.79 Å². The maximum atomic E-state index is 11.1. The first-order valence-electron chi connectivity index (χ1n) is 9.21. The molecule has 1 aromatic carbocycles. The minimum atomic E-state index is -0.575. The van der Waals surface area contributed by atoms with Crippen molar-refractivity contribution in [2.45, 2.75) is 26.4 Å². The van der Waals surface area contributed by atoms with Crippen LogP contribution in [0.25, 0.3) is 0 Å². The molecule has 0 bridgehead atoms. The van der Waals surface area contributed by atoms with Gasteiger partial charge in [-0.15, -0.1) is 0 Å². The Balaban J connectivity index is 1.97. The average Bonchev–Trinajstić information content (AvgIpc) is 3.17. The van der Waals surface area contributed by atoms with E-state index in [2.05, 4.69) is 58.6 Å². The van der Waals surface area contributed by atoms with Gasteiger partial charge in [-0.2, -0.15) is 0 Å². The molecule has 0 fully saturated rings. The molecule has 7 nitrogen and oxygen atoms in total. The number of furan rings is 1. The van der Waals surface area contributed by atoms with E-state index in [1.165, 1.54) is 5.56 Å². The fraction of sp³-hybridized carbons (Fsp3) is 0.400. The molecule has 2 aromatic rings. The van der Waals surface area contributed by atoms with Gasteiger partial charge in [0.15, 0.2) is 11.7 Å². The predicted octanol–water partition coefficient (Wildman–Crippen LogP) is 2.13. The highest BCUT2D eigenvalue weighted by Gasteiger charge is 2.18. The van der Waals surface area contributed by atoms with E-state index >= 15 is 0 Å². The van der Waals surface area contributed by atoms with Crippen molar-refractivity contribution in [2.75, 3.05) is 26.7 Å². The van der Waals surface area contributed by atoms with E-state index in [1.54, 1.807) is 19.2 Å². The zero-order valence-electron chi connectivity index (χ0n) is 16.2. The number of hydrogen-bond acceptors (Lipinski definition) is 4. The summed E-state index contributed by atoms with van der Waals surface area (Å²) in [6, 6.07) is 14.0. The monoisotopic (exact) mass is 371 g/mol.